The van der Waals surface area contributed by atoms with Gasteiger partial charge in [0.15, 0.2) is 9.84 Å². The third-order valence-corrected chi connectivity index (χ3v) is 5.33. The Balaban J connectivity index is 2.19. The van der Waals surface area contributed by atoms with Gasteiger partial charge < -0.3 is 5.73 Å². The number of anilines is 1. The van der Waals surface area contributed by atoms with E-state index in [2.05, 4.69) is 4.72 Å². The van der Waals surface area contributed by atoms with Crippen molar-refractivity contribution >= 4 is 25.5 Å². The van der Waals surface area contributed by atoms with Crippen LogP contribution in [-0.2, 0) is 19.9 Å². The van der Waals surface area contributed by atoms with E-state index >= 15 is 0 Å². The molecule has 0 saturated heterocycles. The molecule has 0 bridgehead atoms. The highest BCUT2D eigenvalue weighted by Crippen LogP contribution is 2.15. The number of nitrogen functional groups attached to an aromatic ring is 1. The third-order valence-electron chi connectivity index (χ3n) is 2.43. The molecule has 0 amide bonds. The number of nitrogens with one attached hydrogen (secondary N) is 1. The molecule has 0 aliphatic carbocycles. The summed E-state index contributed by atoms with van der Waals surface area (Å²) in [6.07, 6.45) is 1.32. The standard InChI is InChI=1S/C10H12N2O4S2/c11-8-1-3-10(4-2-8)18(15,16)12-9-5-6-17(13,14)7-9/h1-6,9,12H,7,11H2. The van der Waals surface area contributed by atoms with E-state index in [9.17, 15) is 16.8 Å². The Labute approximate surface area is 105 Å². The molecule has 0 saturated carbocycles. The molecule has 1 atom stereocenters. The van der Waals surface area contributed by atoms with E-state index in [0.717, 1.165) is 5.41 Å². The van der Waals surface area contributed by atoms with Gasteiger partial charge in [0.2, 0.25) is 10.0 Å². The molecule has 0 aromatic heterocycles. The van der Waals surface area contributed by atoms with Crippen molar-refractivity contribution in [1.82, 2.24) is 4.72 Å². The molecule has 18 heavy (non-hydrogen) atoms. The summed E-state index contributed by atoms with van der Waals surface area (Å²) in [5, 5.41) is 1.02. The van der Waals surface area contributed by atoms with Gasteiger partial charge in [-0.2, -0.15) is 0 Å². The average Bonchev–Trinajstić information content (AvgIpc) is 2.57. The predicted octanol–water partition coefficient (Wildman–Crippen LogP) is -0.142. The summed E-state index contributed by atoms with van der Waals surface area (Å²) >= 11 is 0. The highest BCUT2D eigenvalue weighted by Gasteiger charge is 2.26. The summed E-state index contributed by atoms with van der Waals surface area (Å²) in [5.41, 5.74) is 5.92. The van der Waals surface area contributed by atoms with Gasteiger partial charge in [0.1, 0.15) is 0 Å². The van der Waals surface area contributed by atoms with E-state index in [-0.39, 0.29) is 10.6 Å². The minimum Gasteiger partial charge on any atom is -0.399 e. The normalized spacial score (nSPS) is 22.1. The van der Waals surface area contributed by atoms with E-state index in [0.29, 0.717) is 5.69 Å². The van der Waals surface area contributed by atoms with Crippen molar-refractivity contribution in [3.05, 3.63) is 35.7 Å². The van der Waals surface area contributed by atoms with Crippen LogP contribution in [0.2, 0.25) is 0 Å². The van der Waals surface area contributed by atoms with Crippen LogP contribution in [0.5, 0.6) is 0 Å². The first-order valence-electron chi connectivity index (χ1n) is 5.07. The zero-order chi connectivity index (χ0) is 13.4. The zero-order valence-corrected chi connectivity index (χ0v) is 10.9. The molecule has 1 heterocycles. The molecule has 1 aromatic rings. The Kier molecular flexibility index (Phi) is 3.18. The lowest BCUT2D eigenvalue weighted by Crippen LogP contribution is -2.35. The highest BCUT2D eigenvalue weighted by atomic mass is 32.2. The molecule has 1 aliphatic heterocycles. The topological polar surface area (TPSA) is 106 Å². The van der Waals surface area contributed by atoms with Crippen molar-refractivity contribution < 1.29 is 16.8 Å². The predicted molar refractivity (Wildman–Crippen MR) is 67.9 cm³/mol. The second kappa shape index (κ2) is 4.38. The van der Waals surface area contributed by atoms with E-state index in [1.54, 1.807) is 0 Å². The van der Waals surface area contributed by atoms with Crippen molar-refractivity contribution in [3.63, 3.8) is 0 Å². The molecule has 1 unspecified atom stereocenters. The number of sulfonamides is 1. The van der Waals surface area contributed by atoms with Gasteiger partial charge in [0.05, 0.1) is 16.7 Å². The average molecular weight is 288 g/mol. The summed E-state index contributed by atoms with van der Waals surface area (Å²) in [7, 11) is -7.02. The maximum absolute atomic E-state index is 11.9. The fourth-order valence-corrected chi connectivity index (χ4v) is 4.10. The van der Waals surface area contributed by atoms with Crippen LogP contribution in [0.4, 0.5) is 5.69 Å². The molecule has 8 heteroatoms. The summed E-state index contributed by atoms with van der Waals surface area (Å²) < 4.78 is 48.5. The second-order valence-corrected chi connectivity index (χ2v) is 7.60. The van der Waals surface area contributed by atoms with Crippen LogP contribution in [0.1, 0.15) is 0 Å². The highest BCUT2D eigenvalue weighted by molar-refractivity contribution is 7.94. The van der Waals surface area contributed by atoms with E-state index in [1.807, 2.05) is 0 Å². The van der Waals surface area contributed by atoms with E-state index in [4.69, 9.17) is 5.73 Å². The molecule has 0 radical (unpaired) electrons. The van der Waals surface area contributed by atoms with Crippen molar-refractivity contribution in [2.45, 2.75) is 10.9 Å². The first-order chi connectivity index (χ1) is 8.28. The zero-order valence-electron chi connectivity index (χ0n) is 9.28. The van der Waals surface area contributed by atoms with Crippen LogP contribution in [0, 0.1) is 0 Å². The van der Waals surface area contributed by atoms with Crippen LogP contribution < -0.4 is 10.5 Å². The quantitative estimate of drug-likeness (QED) is 0.753. The maximum Gasteiger partial charge on any atom is 0.241 e. The Morgan fingerprint density at radius 1 is 1.22 bits per heavy atom. The minimum atomic E-state index is -3.73. The van der Waals surface area contributed by atoms with Gasteiger partial charge in [-0.3, -0.25) is 0 Å². The molecule has 98 valence electrons. The van der Waals surface area contributed by atoms with Gasteiger partial charge in [-0.25, -0.2) is 21.6 Å². The van der Waals surface area contributed by atoms with Gasteiger partial charge in [-0.15, -0.1) is 0 Å². The van der Waals surface area contributed by atoms with Crippen molar-refractivity contribution in [2.75, 3.05) is 11.5 Å². The molecular weight excluding hydrogens is 276 g/mol. The first kappa shape index (κ1) is 13.1. The Morgan fingerprint density at radius 3 is 2.33 bits per heavy atom. The third kappa shape index (κ3) is 2.89. The van der Waals surface area contributed by atoms with Gasteiger partial charge in [0.25, 0.3) is 0 Å². The van der Waals surface area contributed by atoms with E-state index in [1.165, 1.54) is 30.3 Å². The number of benzene rings is 1. The lowest BCUT2D eigenvalue weighted by molar-refractivity contribution is 0.575. The summed E-state index contributed by atoms with van der Waals surface area (Å²) in [5.74, 6) is -0.249. The van der Waals surface area contributed by atoms with Crippen molar-refractivity contribution in [1.29, 1.82) is 0 Å². The van der Waals surface area contributed by atoms with Crippen LogP contribution in [0.3, 0.4) is 0 Å². The Bertz CT molecular complexity index is 675. The van der Waals surface area contributed by atoms with Crippen molar-refractivity contribution in [2.24, 2.45) is 0 Å². The van der Waals surface area contributed by atoms with Crippen LogP contribution >= 0.6 is 0 Å². The molecular formula is C10H12N2O4S2. The van der Waals surface area contributed by atoms with Gasteiger partial charge in [-0.1, -0.05) is 6.08 Å². The summed E-state index contributed by atoms with van der Waals surface area (Å²) in [6, 6.07) is 4.94. The number of hydrogen-bond acceptors (Lipinski definition) is 5. The number of hydrogen-bond donors (Lipinski definition) is 2. The molecule has 0 fully saturated rings. The van der Waals surface area contributed by atoms with E-state index < -0.39 is 25.9 Å². The van der Waals surface area contributed by atoms with Crippen LogP contribution in [0.15, 0.2) is 40.6 Å². The van der Waals surface area contributed by atoms with Gasteiger partial charge in [0, 0.05) is 11.1 Å². The molecule has 2 rings (SSSR count). The minimum absolute atomic E-state index is 0.0504. The fraction of sp³-hybridized carbons (Fsp3) is 0.200. The lowest BCUT2D eigenvalue weighted by Gasteiger charge is -2.10. The van der Waals surface area contributed by atoms with Crippen molar-refractivity contribution in [3.8, 4) is 0 Å². The maximum atomic E-state index is 11.9. The largest absolute Gasteiger partial charge is 0.399 e. The molecule has 1 aliphatic rings. The summed E-state index contributed by atoms with van der Waals surface area (Å²) in [4.78, 5) is 0.0504. The number of sulfone groups is 1. The molecule has 1 aromatic carbocycles. The number of rotatable bonds is 3. The number of nitrogens with two attached hydrogens (primary N) is 1. The second-order valence-electron chi connectivity index (χ2n) is 3.95. The van der Waals surface area contributed by atoms with Gasteiger partial charge >= 0.3 is 0 Å². The smallest absolute Gasteiger partial charge is 0.241 e. The SMILES string of the molecule is Nc1ccc(S(=O)(=O)NC2C=CS(=O)(=O)C2)cc1. The summed E-state index contributed by atoms with van der Waals surface area (Å²) in [6.45, 7) is 0. The monoisotopic (exact) mass is 288 g/mol. The molecule has 6 nitrogen and oxygen atoms in total. The van der Waals surface area contributed by atoms with Crippen LogP contribution in [0.25, 0.3) is 0 Å². The van der Waals surface area contributed by atoms with Crippen LogP contribution in [-0.4, -0.2) is 28.6 Å². The van der Waals surface area contributed by atoms with Gasteiger partial charge in [-0.05, 0) is 24.3 Å². The Hall–Kier alpha value is -1.38. The molecule has 3 N–H and O–H groups in total. The lowest BCUT2D eigenvalue weighted by atomic mass is 10.3. The fourth-order valence-electron chi connectivity index (χ4n) is 1.56. The Morgan fingerprint density at radius 2 is 1.83 bits per heavy atom. The molecule has 0 spiro atoms. The first-order valence-corrected chi connectivity index (χ1v) is 8.27.